The van der Waals surface area contributed by atoms with Crippen LogP contribution in [0.3, 0.4) is 0 Å². The van der Waals surface area contributed by atoms with Gasteiger partial charge in [-0.2, -0.15) is 5.10 Å². The van der Waals surface area contributed by atoms with E-state index < -0.39 is 0 Å². The minimum atomic E-state index is 0.0880. The molecule has 1 heterocycles. The van der Waals surface area contributed by atoms with Gasteiger partial charge in [0.05, 0.1) is 5.69 Å². The van der Waals surface area contributed by atoms with Crippen molar-refractivity contribution in [3.63, 3.8) is 0 Å². The van der Waals surface area contributed by atoms with E-state index in [1.54, 1.807) is 0 Å². The van der Waals surface area contributed by atoms with Crippen molar-refractivity contribution in [1.82, 2.24) is 14.7 Å². The Bertz CT molecular complexity index is 415. The van der Waals surface area contributed by atoms with Crippen LogP contribution in [-0.4, -0.2) is 38.5 Å². The molecule has 0 aliphatic heterocycles. The van der Waals surface area contributed by atoms with Crippen molar-refractivity contribution in [2.24, 2.45) is 0 Å². The Morgan fingerprint density at radius 3 is 2.63 bits per heavy atom. The monoisotopic (exact) mass is 329 g/mol. The van der Waals surface area contributed by atoms with Crippen LogP contribution in [0.15, 0.2) is 6.07 Å². The quantitative estimate of drug-likeness (QED) is 0.721. The van der Waals surface area contributed by atoms with E-state index in [-0.39, 0.29) is 11.9 Å². The molecule has 1 aromatic rings. The van der Waals surface area contributed by atoms with Gasteiger partial charge in [-0.15, -0.1) is 0 Å². The predicted octanol–water partition coefficient (Wildman–Crippen LogP) is 3.10. The molecule has 4 nitrogen and oxygen atoms in total. The lowest BCUT2D eigenvalue weighted by Crippen LogP contribution is -2.39. The maximum atomic E-state index is 12.7. The van der Waals surface area contributed by atoms with Gasteiger partial charge in [0.15, 0.2) is 0 Å². The normalized spacial score (nSPS) is 11.1. The lowest BCUT2D eigenvalue weighted by atomic mass is 10.2. The summed E-state index contributed by atoms with van der Waals surface area (Å²) in [7, 11) is 0. The van der Waals surface area contributed by atoms with Gasteiger partial charge in [0.2, 0.25) is 0 Å². The van der Waals surface area contributed by atoms with Crippen LogP contribution in [0.4, 0.5) is 0 Å². The molecule has 0 atom stereocenters. The van der Waals surface area contributed by atoms with E-state index in [0.29, 0.717) is 5.69 Å². The summed E-state index contributed by atoms with van der Waals surface area (Å²) in [6, 6.07) is 2.13. The Morgan fingerprint density at radius 2 is 2.16 bits per heavy atom. The molecule has 1 aromatic heterocycles. The van der Waals surface area contributed by atoms with Crippen LogP contribution < -0.4 is 0 Å². The molecule has 0 saturated heterocycles. The Morgan fingerprint density at radius 1 is 1.47 bits per heavy atom. The highest BCUT2D eigenvalue weighted by molar-refractivity contribution is 9.09. The number of aryl methyl sites for hydroxylation is 2. The molecule has 19 heavy (non-hydrogen) atoms. The van der Waals surface area contributed by atoms with Crippen LogP contribution in [-0.2, 0) is 13.0 Å². The number of halogens is 1. The first-order valence-electron chi connectivity index (χ1n) is 6.98. The summed E-state index contributed by atoms with van der Waals surface area (Å²) in [5.41, 5.74) is 1.69. The van der Waals surface area contributed by atoms with Crippen molar-refractivity contribution < 1.29 is 4.79 Å². The maximum absolute atomic E-state index is 12.7. The minimum Gasteiger partial charge on any atom is -0.335 e. The lowest BCUT2D eigenvalue weighted by Gasteiger charge is -2.26. The molecule has 0 saturated carbocycles. The number of amides is 1. The van der Waals surface area contributed by atoms with E-state index >= 15 is 0 Å². The van der Waals surface area contributed by atoms with Crippen LogP contribution in [0.5, 0.6) is 0 Å². The zero-order chi connectivity index (χ0) is 14.4. The molecule has 0 aromatic carbocycles. The standard InChI is InChI=1S/C14H24BrN3O/c1-5-12-10-13(18(6-2)16-12)14(19)17(11(3)4)9-7-8-15/h10-11H,5-9H2,1-4H3. The number of carbonyl (C=O) groups is 1. The molecule has 0 bridgehead atoms. The third-order valence-electron chi connectivity index (χ3n) is 3.13. The van der Waals surface area contributed by atoms with Gasteiger partial charge in [-0.25, -0.2) is 0 Å². The first kappa shape index (κ1) is 16.2. The summed E-state index contributed by atoms with van der Waals surface area (Å²) in [5, 5.41) is 5.36. The molecule has 0 N–H and O–H groups in total. The molecule has 108 valence electrons. The molecule has 0 spiro atoms. The highest BCUT2D eigenvalue weighted by atomic mass is 79.9. The van der Waals surface area contributed by atoms with Gasteiger partial charge < -0.3 is 4.90 Å². The molecule has 0 aliphatic rings. The van der Waals surface area contributed by atoms with Gasteiger partial charge in [0, 0.05) is 24.5 Å². The molecule has 1 amide bonds. The minimum absolute atomic E-state index is 0.0880. The highest BCUT2D eigenvalue weighted by Crippen LogP contribution is 2.12. The van der Waals surface area contributed by atoms with Crippen molar-refractivity contribution in [2.45, 2.75) is 53.1 Å². The van der Waals surface area contributed by atoms with Gasteiger partial charge in [0.1, 0.15) is 5.69 Å². The van der Waals surface area contributed by atoms with Crippen LogP contribution in [0.1, 0.15) is 50.3 Å². The zero-order valence-electron chi connectivity index (χ0n) is 12.3. The summed E-state index contributed by atoms with van der Waals surface area (Å²) < 4.78 is 1.81. The second-order valence-electron chi connectivity index (χ2n) is 4.83. The summed E-state index contributed by atoms with van der Waals surface area (Å²) >= 11 is 3.42. The first-order valence-corrected chi connectivity index (χ1v) is 8.10. The summed E-state index contributed by atoms with van der Waals surface area (Å²) in [5.74, 6) is 0.0880. The fourth-order valence-electron chi connectivity index (χ4n) is 2.03. The van der Waals surface area contributed by atoms with Crippen LogP contribution in [0, 0.1) is 0 Å². The highest BCUT2D eigenvalue weighted by Gasteiger charge is 2.22. The SMILES string of the molecule is CCc1cc(C(=O)N(CCCBr)C(C)C)n(CC)n1. The van der Waals surface area contributed by atoms with Gasteiger partial charge in [-0.3, -0.25) is 9.48 Å². The van der Waals surface area contributed by atoms with Crippen molar-refractivity contribution in [1.29, 1.82) is 0 Å². The number of aromatic nitrogens is 2. The maximum Gasteiger partial charge on any atom is 0.272 e. The average molecular weight is 330 g/mol. The third-order valence-corrected chi connectivity index (χ3v) is 3.69. The van der Waals surface area contributed by atoms with Gasteiger partial charge in [-0.1, -0.05) is 22.9 Å². The lowest BCUT2D eigenvalue weighted by molar-refractivity contribution is 0.0694. The van der Waals surface area contributed by atoms with E-state index in [0.717, 1.165) is 37.0 Å². The van der Waals surface area contributed by atoms with E-state index in [1.807, 2.05) is 22.6 Å². The molecule has 5 heteroatoms. The van der Waals surface area contributed by atoms with Crippen molar-refractivity contribution >= 4 is 21.8 Å². The number of alkyl halides is 1. The smallest absolute Gasteiger partial charge is 0.272 e. The fraction of sp³-hybridized carbons (Fsp3) is 0.714. The second kappa shape index (κ2) is 7.68. The Hall–Kier alpha value is -0.840. The molecular weight excluding hydrogens is 306 g/mol. The van der Waals surface area contributed by atoms with E-state index in [2.05, 4.69) is 41.8 Å². The Kier molecular flexibility index (Phi) is 6.55. The molecular formula is C14H24BrN3O. The van der Waals surface area contributed by atoms with E-state index in [9.17, 15) is 4.79 Å². The van der Waals surface area contributed by atoms with Crippen molar-refractivity contribution in [2.75, 3.05) is 11.9 Å². The average Bonchev–Trinajstić information content (AvgIpc) is 2.81. The summed E-state index contributed by atoms with van der Waals surface area (Å²) in [6.45, 7) is 9.69. The number of rotatable bonds is 7. The predicted molar refractivity (Wildman–Crippen MR) is 81.9 cm³/mol. The Labute approximate surface area is 124 Å². The zero-order valence-corrected chi connectivity index (χ0v) is 13.9. The largest absolute Gasteiger partial charge is 0.335 e. The van der Waals surface area contributed by atoms with Gasteiger partial charge in [-0.05, 0) is 39.7 Å². The third kappa shape index (κ3) is 4.06. The molecule has 0 aliphatic carbocycles. The number of hydrogen-bond donors (Lipinski definition) is 0. The molecule has 1 rings (SSSR count). The topological polar surface area (TPSA) is 38.1 Å². The van der Waals surface area contributed by atoms with Crippen molar-refractivity contribution in [3.8, 4) is 0 Å². The number of carbonyl (C=O) groups excluding carboxylic acids is 1. The van der Waals surface area contributed by atoms with Crippen LogP contribution >= 0.6 is 15.9 Å². The molecule has 0 unspecified atom stereocenters. The van der Waals surface area contributed by atoms with E-state index in [1.165, 1.54) is 0 Å². The fourth-order valence-corrected chi connectivity index (χ4v) is 2.28. The number of hydrogen-bond acceptors (Lipinski definition) is 2. The number of nitrogens with zero attached hydrogens (tertiary/aromatic N) is 3. The second-order valence-corrected chi connectivity index (χ2v) is 5.62. The molecule has 0 fully saturated rings. The Balaban J connectivity index is 2.98. The van der Waals surface area contributed by atoms with Crippen molar-refractivity contribution in [3.05, 3.63) is 17.5 Å². The molecule has 0 radical (unpaired) electrons. The van der Waals surface area contributed by atoms with Gasteiger partial charge >= 0.3 is 0 Å². The summed E-state index contributed by atoms with van der Waals surface area (Å²) in [6.07, 6.45) is 1.82. The van der Waals surface area contributed by atoms with Crippen LogP contribution in [0.2, 0.25) is 0 Å². The van der Waals surface area contributed by atoms with Crippen LogP contribution in [0.25, 0.3) is 0 Å². The first-order chi connectivity index (χ1) is 9.04. The van der Waals surface area contributed by atoms with E-state index in [4.69, 9.17) is 0 Å². The van der Waals surface area contributed by atoms with Gasteiger partial charge in [0.25, 0.3) is 5.91 Å². The summed E-state index contributed by atoms with van der Waals surface area (Å²) in [4.78, 5) is 14.6.